The Bertz CT molecular complexity index is 1800. The van der Waals surface area contributed by atoms with Crippen LogP contribution in [0, 0.1) is 22.7 Å². The van der Waals surface area contributed by atoms with Gasteiger partial charge in [-0.25, -0.2) is 19.2 Å². The van der Waals surface area contributed by atoms with Gasteiger partial charge in [0.25, 0.3) is 0 Å². The maximum atomic E-state index is 12.8. The summed E-state index contributed by atoms with van der Waals surface area (Å²) in [6.45, 7) is 6.46. The Kier molecular flexibility index (Phi) is 14.9. The highest BCUT2D eigenvalue weighted by atomic mass is 16.6. The van der Waals surface area contributed by atoms with Crippen molar-refractivity contribution in [2.24, 2.45) is 0 Å². The largest absolute Gasteiger partial charge is 0.464 e. The summed E-state index contributed by atoms with van der Waals surface area (Å²) in [5.41, 5.74) is 6.29. The molecule has 1 amide bonds. The molecular weight excluding hydrogens is 690 g/mol. The molecule has 1 saturated heterocycles. The molecule has 53 heavy (non-hydrogen) atoms. The van der Waals surface area contributed by atoms with Crippen molar-refractivity contribution in [3.63, 3.8) is 0 Å². The van der Waals surface area contributed by atoms with Gasteiger partial charge < -0.3 is 28.8 Å². The lowest BCUT2D eigenvalue weighted by Crippen LogP contribution is -2.35. The number of fused-ring (bicyclic) bond motifs is 2. The third kappa shape index (κ3) is 11.6. The lowest BCUT2D eigenvalue weighted by Gasteiger charge is -2.19. The normalized spacial score (nSPS) is 15.6. The van der Waals surface area contributed by atoms with Crippen LogP contribution < -0.4 is 5.32 Å². The first-order valence-electron chi connectivity index (χ1n) is 17.4. The Labute approximate surface area is 306 Å². The Morgan fingerprint density at radius 3 is 1.89 bits per heavy atom. The molecule has 3 heterocycles. The van der Waals surface area contributed by atoms with Crippen LogP contribution in [0.25, 0.3) is 0 Å². The number of esters is 3. The van der Waals surface area contributed by atoms with Gasteiger partial charge in [-0.3, -0.25) is 14.7 Å². The predicted molar refractivity (Wildman–Crippen MR) is 184 cm³/mol. The van der Waals surface area contributed by atoms with E-state index in [-0.39, 0.29) is 49.8 Å². The van der Waals surface area contributed by atoms with Crippen LogP contribution in [0.2, 0.25) is 0 Å². The van der Waals surface area contributed by atoms with Crippen LogP contribution in [0.5, 0.6) is 0 Å². The summed E-state index contributed by atoms with van der Waals surface area (Å²) in [5.74, 6) is -1.57. The number of aliphatic hydroxyl groups excluding tert-OH is 1. The molecule has 3 aliphatic rings. The lowest BCUT2D eigenvalue weighted by molar-refractivity contribution is -0.154. The van der Waals surface area contributed by atoms with Crippen molar-refractivity contribution < 1.29 is 48.0 Å². The van der Waals surface area contributed by atoms with E-state index >= 15 is 0 Å². The average molecular weight is 734 g/mol. The lowest BCUT2D eigenvalue weighted by atomic mass is 9.99. The molecule has 282 valence electrons. The zero-order valence-corrected chi connectivity index (χ0v) is 29.9. The highest BCUT2D eigenvalue weighted by molar-refractivity contribution is 5.90. The minimum absolute atomic E-state index is 0.0134. The van der Waals surface area contributed by atoms with E-state index in [9.17, 15) is 24.3 Å². The Balaban J connectivity index is 0.000000225. The summed E-state index contributed by atoms with van der Waals surface area (Å²) >= 11 is 0. The number of rotatable bonds is 12. The number of hydrogen-bond donors (Lipinski definition) is 2. The van der Waals surface area contributed by atoms with Gasteiger partial charge in [-0.05, 0) is 93.7 Å². The number of anilines is 1. The van der Waals surface area contributed by atoms with E-state index in [2.05, 4.69) is 35.8 Å². The average Bonchev–Trinajstić information content (AvgIpc) is 3.52. The summed E-state index contributed by atoms with van der Waals surface area (Å²) in [4.78, 5) is 46.6. The second-order valence-electron chi connectivity index (χ2n) is 11.9. The van der Waals surface area contributed by atoms with E-state index < -0.39 is 30.2 Å². The molecule has 2 aliphatic carbocycles. The first-order valence-corrected chi connectivity index (χ1v) is 17.4. The number of aliphatic hydroxyl groups is 1. The van der Waals surface area contributed by atoms with Gasteiger partial charge in [-0.1, -0.05) is 6.07 Å². The molecular formula is C36H43N7O10. The molecule has 17 nitrogen and oxygen atoms in total. The molecule has 0 radical (unpaired) electrons. The first kappa shape index (κ1) is 40.0. The molecule has 2 N–H and O–H groups in total. The van der Waals surface area contributed by atoms with Gasteiger partial charge in [0.05, 0.1) is 45.2 Å². The highest BCUT2D eigenvalue weighted by Gasteiger charge is 2.32. The van der Waals surface area contributed by atoms with Gasteiger partial charge in [-0.15, -0.1) is 0 Å². The third-order valence-electron chi connectivity index (χ3n) is 8.16. The Morgan fingerprint density at radius 1 is 0.868 bits per heavy atom. The summed E-state index contributed by atoms with van der Waals surface area (Å²) in [6, 6.07) is 9.08. The minimum Gasteiger partial charge on any atom is -0.464 e. The highest BCUT2D eigenvalue weighted by Crippen LogP contribution is 2.38. The fraction of sp³-hybridized carbons (Fsp3) is 0.500. The number of benzene rings is 1. The van der Waals surface area contributed by atoms with Crippen LogP contribution in [0.15, 0.2) is 30.6 Å². The number of aromatic nitrogens is 4. The summed E-state index contributed by atoms with van der Waals surface area (Å²) in [6.07, 6.45) is 5.80. The van der Waals surface area contributed by atoms with Crippen LogP contribution in [-0.2, 0) is 76.8 Å². The molecule has 1 aromatic carbocycles. The number of ether oxygens (including phenoxy) is 5. The quantitative estimate of drug-likeness (QED) is 0.155. The number of carbonyl (C=O) groups excluding carboxylic acids is 4. The fourth-order valence-electron chi connectivity index (χ4n) is 5.75. The van der Waals surface area contributed by atoms with E-state index in [1.54, 1.807) is 27.0 Å². The maximum absolute atomic E-state index is 12.8. The molecule has 1 aliphatic heterocycles. The number of hydrogen-bond acceptors (Lipinski definition) is 14. The number of epoxide rings is 1. The van der Waals surface area contributed by atoms with Crippen molar-refractivity contribution in [2.45, 2.75) is 90.7 Å². The summed E-state index contributed by atoms with van der Waals surface area (Å²) < 4.78 is 27.1. The van der Waals surface area contributed by atoms with Crippen molar-refractivity contribution in [3.05, 3.63) is 64.2 Å². The zero-order valence-electron chi connectivity index (χ0n) is 29.9. The topological polar surface area (TPSA) is 233 Å². The fourth-order valence-corrected chi connectivity index (χ4v) is 5.75. The SMILES string of the molecule is CCOC(=O)[C@@H](Cn1ccc(C#N)n1)OC(=O)Nc1c2c(cc3c1CCC3)CCC2.CCOC(=O)[C@H](O)Cn1ccc(C#N)n1.CCOC(=O)[C@H]1CO1. The van der Waals surface area contributed by atoms with Crippen LogP contribution >= 0.6 is 0 Å². The van der Waals surface area contributed by atoms with Gasteiger partial charge in [0, 0.05) is 12.4 Å². The van der Waals surface area contributed by atoms with Gasteiger partial charge in [0.1, 0.15) is 12.1 Å². The standard InChI is InChI=1S/C22H24N4O4.C9H11N3O3.C5H8O3/c1-2-29-21(27)19(13-26-10-9-16(12-23)25-26)30-22(28)24-20-17-7-3-5-14(17)11-15-6-4-8-18(15)20;1-2-15-9(14)8(13)6-12-4-3-7(5-10)11-12;1-2-7-5(6)4-3-8-4/h9-11,19H,2-8,13H2,1H3,(H,24,28);3-4,8,13H,2,6H2,1H3;4H,2-3H2,1H3/t19-;8-;4-/m111/s1. The molecule has 0 saturated carbocycles. The van der Waals surface area contributed by atoms with E-state index in [0.29, 0.717) is 13.2 Å². The molecule has 3 aromatic rings. The van der Waals surface area contributed by atoms with Crippen LogP contribution in [0.1, 0.15) is 67.3 Å². The van der Waals surface area contributed by atoms with Crippen molar-refractivity contribution in [3.8, 4) is 12.1 Å². The summed E-state index contributed by atoms with van der Waals surface area (Å²) in [7, 11) is 0. The molecule has 2 aromatic heterocycles. The van der Waals surface area contributed by atoms with E-state index in [4.69, 9.17) is 20.0 Å². The number of nitrogens with one attached hydrogen (secondary N) is 1. The minimum atomic E-state index is -1.25. The van der Waals surface area contributed by atoms with Crippen LogP contribution in [0.4, 0.5) is 10.5 Å². The molecule has 0 spiro atoms. The van der Waals surface area contributed by atoms with Crippen molar-refractivity contribution in [1.82, 2.24) is 19.6 Å². The molecule has 1 fully saturated rings. The van der Waals surface area contributed by atoms with Gasteiger partial charge in [0.15, 0.2) is 23.6 Å². The van der Waals surface area contributed by atoms with E-state index in [1.807, 2.05) is 12.1 Å². The second-order valence-corrected chi connectivity index (χ2v) is 11.9. The maximum Gasteiger partial charge on any atom is 0.412 e. The monoisotopic (exact) mass is 733 g/mol. The molecule has 17 heteroatoms. The Hall–Kier alpha value is -5.78. The molecule has 0 unspecified atom stereocenters. The molecule has 0 bridgehead atoms. The number of nitrogens with zero attached hydrogens (tertiary/aromatic N) is 6. The van der Waals surface area contributed by atoms with Crippen LogP contribution in [-0.4, -0.2) is 93.4 Å². The van der Waals surface area contributed by atoms with Gasteiger partial charge in [0.2, 0.25) is 6.10 Å². The van der Waals surface area contributed by atoms with Gasteiger partial charge in [-0.2, -0.15) is 20.7 Å². The van der Waals surface area contributed by atoms with Gasteiger partial charge >= 0.3 is 24.0 Å². The van der Waals surface area contributed by atoms with Crippen LogP contribution in [0.3, 0.4) is 0 Å². The third-order valence-corrected chi connectivity index (χ3v) is 8.16. The number of amides is 1. The first-order chi connectivity index (χ1) is 25.6. The second kappa shape index (κ2) is 19.7. The van der Waals surface area contributed by atoms with Crippen molar-refractivity contribution in [1.29, 1.82) is 10.5 Å². The van der Waals surface area contributed by atoms with E-state index in [1.165, 1.54) is 49.9 Å². The van der Waals surface area contributed by atoms with E-state index in [0.717, 1.165) is 44.2 Å². The Morgan fingerprint density at radius 2 is 1.40 bits per heavy atom. The smallest absolute Gasteiger partial charge is 0.412 e. The number of carbonyl (C=O) groups is 4. The number of nitriles is 2. The predicted octanol–water partition coefficient (Wildman–Crippen LogP) is 2.54. The molecule has 6 rings (SSSR count). The number of aryl methyl sites for hydroxylation is 2. The zero-order chi connectivity index (χ0) is 38.3. The summed E-state index contributed by atoms with van der Waals surface area (Å²) in [5, 5.41) is 37.5. The van der Waals surface area contributed by atoms with Crippen molar-refractivity contribution >= 4 is 29.7 Å². The van der Waals surface area contributed by atoms with Crippen molar-refractivity contribution in [2.75, 3.05) is 31.7 Å². The molecule has 3 atom stereocenters.